The second-order valence-corrected chi connectivity index (χ2v) is 5.11. The maximum atomic E-state index is 13.2. The van der Waals surface area contributed by atoms with Crippen LogP contribution in [0.3, 0.4) is 0 Å². The average molecular weight is 308 g/mol. The molecule has 0 unspecified atom stereocenters. The van der Waals surface area contributed by atoms with Gasteiger partial charge in [0.15, 0.2) is 0 Å². The quantitative estimate of drug-likeness (QED) is 0.638. The van der Waals surface area contributed by atoms with Gasteiger partial charge < -0.3 is 5.11 Å². The van der Waals surface area contributed by atoms with Gasteiger partial charge in [0.2, 0.25) is 0 Å². The van der Waals surface area contributed by atoms with Gasteiger partial charge in [-0.25, -0.2) is 9.37 Å². The molecule has 1 aromatic heterocycles. The van der Waals surface area contributed by atoms with E-state index in [-0.39, 0.29) is 10.9 Å². The van der Waals surface area contributed by atoms with E-state index in [1.165, 1.54) is 18.2 Å². The summed E-state index contributed by atoms with van der Waals surface area (Å²) in [5, 5.41) is 10.9. The molecule has 0 bridgehead atoms. The van der Waals surface area contributed by atoms with E-state index >= 15 is 0 Å². The fourth-order valence-corrected chi connectivity index (χ4v) is 2.58. The van der Waals surface area contributed by atoms with E-state index in [0.29, 0.717) is 16.1 Å². The second-order valence-electron chi connectivity index (χ2n) is 4.32. The van der Waals surface area contributed by atoms with Crippen LogP contribution in [0, 0.1) is 5.82 Å². The number of halogens is 3. The lowest BCUT2D eigenvalue weighted by atomic mass is 10.0. The lowest BCUT2D eigenvalue weighted by molar-refractivity contribution is 0.476. The minimum absolute atomic E-state index is 0.100. The fraction of sp³-hybridized carbons (Fsp3) is 0. The van der Waals surface area contributed by atoms with Crippen LogP contribution in [0.4, 0.5) is 4.39 Å². The number of hydrogen-bond donors (Lipinski definition) is 1. The third-order valence-corrected chi connectivity index (χ3v) is 3.49. The van der Waals surface area contributed by atoms with Crippen molar-refractivity contribution in [2.24, 2.45) is 0 Å². The second kappa shape index (κ2) is 4.93. The van der Waals surface area contributed by atoms with Crippen molar-refractivity contribution >= 4 is 34.1 Å². The summed E-state index contributed by atoms with van der Waals surface area (Å²) < 4.78 is 13.2. The van der Waals surface area contributed by atoms with Gasteiger partial charge in [-0.15, -0.1) is 0 Å². The molecule has 0 aliphatic carbocycles. The minimum Gasteiger partial charge on any atom is -0.508 e. The summed E-state index contributed by atoms with van der Waals surface area (Å²) in [4.78, 5) is 4.16. The minimum atomic E-state index is -0.402. The smallest absolute Gasteiger partial charge is 0.130 e. The van der Waals surface area contributed by atoms with Crippen LogP contribution in [0.5, 0.6) is 5.75 Å². The summed E-state index contributed by atoms with van der Waals surface area (Å²) in [6.45, 7) is 0. The zero-order chi connectivity index (χ0) is 14.3. The molecule has 0 spiro atoms. The van der Waals surface area contributed by atoms with Crippen LogP contribution < -0.4 is 0 Å². The van der Waals surface area contributed by atoms with E-state index in [2.05, 4.69) is 4.98 Å². The molecule has 5 heteroatoms. The average Bonchev–Trinajstić information content (AvgIpc) is 2.37. The number of fused-ring (bicyclic) bond motifs is 1. The molecule has 0 aliphatic heterocycles. The van der Waals surface area contributed by atoms with Crippen molar-refractivity contribution in [1.82, 2.24) is 4.98 Å². The number of rotatable bonds is 1. The van der Waals surface area contributed by atoms with Crippen LogP contribution >= 0.6 is 23.2 Å². The topological polar surface area (TPSA) is 33.1 Å². The number of phenols is 1. The standard InChI is InChI=1S/C15H8Cl2FNO/c16-13-5-8(18)1-3-10(13)12-7-15(17)19-14-6-9(20)2-4-11(12)14/h1-7,20H. The van der Waals surface area contributed by atoms with Gasteiger partial charge in [0, 0.05) is 17.0 Å². The zero-order valence-corrected chi connectivity index (χ0v) is 11.6. The molecular weight excluding hydrogens is 300 g/mol. The Bertz CT molecular complexity index is 815. The largest absolute Gasteiger partial charge is 0.508 e. The molecule has 0 atom stereocenters. The molecule has 0 saturated carbocycles. The van der Waals surface area contributed by atoms with Crippen molar-refractivity contribution in [3.8, 4) is 16.9 Å². The number of aromatic hydroxyl groups is 1. The third-order valence-electron chi connectivity index (χ3n) is 2.98. The lowest BCUT2D eigenvalue weighted by Gasteiger charge is -2.09. The monoisotopic (exact) mass is 307 g/mol. The maximum Gasteiger partial charge on any atom is 0.130 e. The van der Waals surface area contributed by atoms with Gasteiger partial charge in [0.05, 0.1) is 10.5 Å². The highest BCUT2D eigenvalue weighted by atomic mass is 35.5. The zero-order valence-electron chi connectivity index (χ0n) is 10.1. The van der Waals surface area contributed by atoms with Gasteiger partial charge in [0.25, 0.3) is 0 Å². The molecule has 1 heterocycles. The highest BCUT2D eigenvalue weighted by Gasteiger charge is 2.11. The van der Waals surface area contributed by atoms with E-state index in [1.807, 2.05) is 0 Å². The van der Waals surface area contributed by atoms with E-state index in [4.69, 9.17) is 23.2 Å². The van der Waals surface area contributed by atoms with Gasteiger partial charge in [-0.2, -0.15) is 0 Å². The molecular formula is C15H8Cl2FNO. The summed E-state index contributed by atoms with van der Waals surface area (Å²) in [7, 11) is 0. The Morgan fingerprint density at radius 2 is 1.75 bits per heavy atom. The summed E-state index contributed by atoms with van der Waals surface area (Å²) in [6, 6.07) is 10.6. The summed E-state index contributed by atoms with van der Waals surface area (Å²) in [6.07, 6.45) is 0. The van der Waals surface area contributed by atoms with E-state index < -0.39 is 5.82 Å². The van der Waals surface area contributed by atoms with Crippen LogP contribution in [0.25, 0.3) is 22.0 Å². The predicted molar refractivity (Wildman–Crippen MR) is 78.8 cm³/mol. The molecule has 1 N–H and O–H groups in total. The molecule has 0 fully saturated rings. The molecule has 100 valence electrons. The van der Waals surface area contributed by atoms with Crippen molar-refractivity contribution in [2.75, 3.05) is 0 Å². The molecule has 2 nitrogen and oxygen atoms in total. The molecule has 3 rings (SSSR count). The van der Waals surface area contributed by atoms with Crippen molar-refractivity contribution in [3.05, 3.63) is 58.5 Å². The van der Waals surface area contributed by atoms with E-state index in [9.17, 15) is 9.50 Å². The lowest BCUT2D eigenvalue weighted by Crippen LogP contribution is -1.88. The van der Waals surface area contributed by atoms with E-state index in [1.54, 1.807) is 24.3 Å². The number of phenolic OH excluding ortho intramolecular Hbond substituents is 1. The first-order chi connectivity index (χ1) is 9.54. The van der Waals surface area contributed by atoms with Crippen LogP contribution in [-0.2, 0) is 0 Å². The van der Waals surface area contributed by atoms with Crippen LogP contribution in [0.2, 0.25) is 10.2 Å². The van der Waals surface area contributed by atoms with Gasteiger partial charge in [-0.3, -0.25) is 0 Å². The molecule has 0 radical (unpaired) electrons. The Hall–Kier alpha value is -1.84. The Labute approximate surface area is 124 Å². The third kappa shape index (κ3) is 2.30. The van der Waals surface area contributed by atoms with Crippen molar-refractivity contribution in [3.63, 3.8) is 0 Å². The highest BCUT2D eigenvalue weighted by molar-refractivity contribution is 6.34. The Balaban J connectivity index is 2.35. The number of pyridine rings is 1. The first-order valence-corrected chi connectivity index (χ1v) is 6.55. The van der Waals surface area contributed by atoms with Crippen molar-refractivity contribution in [1.29, 1.82) is 0 Å². The number of aromatic nitrogens is 1. The normalized spacial score (nSPS) is 10.9. The molecule has 2 aromatic carbocycles. The van der Waals surface area contributed by atoms with Gasteiger partial charge in [-0.1, -0.05) is 23.2 Å². The summed E-state index contributed by atoms with van der Waals surface area (Å²) >= 11 is 12.1. The number of benzene rings is 2. The van der Waals surface area contributed by atoms with Crippen LogP contribution in [-0.4, -0.2) is 10.1 Å². The Morgan fingerprint density at radius 3 is 2.50 bits per heavy atom. The van der Waals surface area contributed by atoms with Crippen LogP contribution in [0.15, 0.2) is 42.5 Å². The maximum absolute atomic E-state index is 13.2. The van der Waals surface area contributed by atoms with Gasteiger partial charge in [0.1, 0.15) is 16.7 Å². The number of hydrogen-bond acceptors (Lipinski definition) is 2. The Morgan fingerprint density at radius 1 is 0.950 bits per heavy atom. The van der Waals surface area contributed by atoms with Gasteiger partial charge >= 0.3 is 0 Å². The summed E-state index contributed by atoms with van der Waals surface area (Å²) in [5.41, 5.74) is 1.95. The molecule has 3 aromatic rings. The van der Waals surface area contributed by atoms with Crippen LogP contribution in [0.1, 0.15) is 0 Å². The predicted octanol–water partition coefficient (Wildman–Crippen LogP) is 5.05. The number of nitrogens with zero attached hydrogens (tertiary/aromatic N) is 1. The van der Waals surface area contributed by atoms with E-state index in [0.717, 1.165) is 10.9 Å². The highest BCUT2D eigenvalue weighted by Crippen LogP contribution is 2.35. The fourth-order valence-electron chi connectivity index (χ4n) is 2.12. The van der Waals surface area contributed by atoms with Crippen molar-refractivity contribution in [2.45, 2.75) is 0 Å². The molecule has 0 amide bonds. The molecule has 0 saturated heterocycles. The molecule has 20 heavy (non-hydrogen) atoms. The first-order valence-electron chi connectivity index (χ1n) is 5.79. The Kier molecular flexibility index (Phi) is 3.24. The summed E-state index contributed by atoms with van der Waals surface area (Å²) in [5.74, 6) is -0.302. The first kappa shape index (κ1) is 13.2. The molecule has 0 aliphatic rings. The van der Waals surface area contributed by atoms with Crippen molar-refractivity contribution < 1.29 is 9.50 Å². The van der Waals surface area contributed by atoms with Gasteiger partial charge in [-0.05, 0) is 42.0 Å². The SMILES string of the molecule is Oc1ccc2c(-c3ccc(F)cc3Cl)cc(Cl)nc2c1.